The van der Waals surface area contributed by atoms with Crippen molar-refractivity contribution in [1.29, 1.82) is 5.26 Å². The summed E-state index contributed by atoms with van der Waals surface area (Å²) in [6, 6.07) is 15.8. The maximum absolute atomic E-state index is 9.02. The molecule has 0 amide bonds. The van der Waals surface area contributed by atoms with Gasteiger partial charge in [-0.3, -0.25) is 4.57 Å². The fraction of sp³-hybridized carbons (Fsp3) is 0.188. The minimum Gasteiger partial charge on any atom is -0.467 e. The highest BCUT2D eigenvalue weighted by Crippen LogP contribution is 2.27. The van der Waals surface area contributed by atoms with Crippen molar-refractivity contribution in [1.82, 2.24) is 14.8 Å². The van der Waals surface area contributed by atoms with Crippen LogP contribution in [0.2, 0.25) is 0 Å². The molecule has 0 aliphatic rings. The molecule has 0 bridgehead atoms. The monoisotopic (exact) mass is 310 g/mol. The summed E-state index contributed by atoms with van der Waals surface area (Å²) in [5.74, 6) is 1.59. The van der Waals surface area contributed by atoms with Gasteiger partial charge in [0.05, 0.1) is 24.1 Å². The number of nitriles is 1. The van der Waals surface area contributed by atoms with E-state index in [0.717, 1.165) is 17.1 Å². The van der Waals surface area contributed by atoms with Crippen LogP contribution in [0.25, 0.3) is 11.4 Å². The molecular weight excluding hydrogens is 296 g/mol. The lowest BCUT2D eigenvalue weighted by Crippen LogP contribution is -2.05. The number of hydrogen-bond acceptors (Lipinski definition) is 5. The highest BCUT2D eigenvalue weighted by molar-refractivity contribution is 8.00. The summed E-state index contributed by atoms with van der Waals surface area (Å²) in [6.45, 7) is 2.38. The van der Waals surface area contributed by atoms with Crippen molar-refractivity contribution in [3.8, 4) is 17.5 Å². The average molecular weight is 310 g/mol. The lowest BCUT2D eigenvalue weighted by atomic mass is 10.2. The second-order valence-corrected chi connectivity index (χ2v) is 6.03. The third-order valence-electron chi connectivity index (χ3n) is 3.11. The molecule has 0 saturated heterocycles. The fourth-order valence-electron chi connectivity index (χ4n) is 2.06. The van der Waals surface area contributed by atoms with Gasteiger partial charge < -0.3 is 4.42 Å². The van der Waals surface area contributed by atoms with Gasteiger partial charge in [0.25, 0.3) is 0 Å². The largest absolute Gasteiger partial charge is 0.467 e. The second-order valence-electron chi connectivity index (χ2n) is 4.73. The Morgan fingerprint density at radius 1 is 1.23 bits per heavy atom. The van der Waals surface area contributed by atoms with E-state index in [1.807, 2.05) is 54.0 Å². The molecule has 6 heteroatoms. The van der Waals surface area contributed by atoms with E-state index in [1.54, 1.807) is 6.26 Å². The van der Waals surface area contributed by atoms with Crippen LogP contribution in [0.3, 0.4) is 0 Å². The van der Waals surface area contributed by atoms with E-state index in [1.165, 1.54) is 11.8 Å². The lowest BCUT2D eigenvalue weighted by molar-refractivity contribution is 0.485. The Bertz CT molecular complexity index is 774. The molecule has 0 N–H and O–H groups in total. The second kappa shape index (κ2) is 6.50. The minimum atomic E-state index is -0.192. The number of hydrogen-bond donors (Lipinski definition) is 0. The number of thioether (sulfide) groups is 1. The van der Waals surface area contributed by atoms with Gasteiger partial charge >= 0.3 is 0 Å². The molecule has 0 aliphatic heterocycles. The topological polar surface area (TPSA) is 67.6 Å². The maximum Gasteiger partial charge on any atom is 0.193 e. The molecule has 0 fully saturated rings. The summed E-state index contributed by atoms with van der Waals surface area (Å²) in [7, 11) is 0. The van der Waals surface area contributed by atoms with Gasteiger partial charge in [0.1, 0.15) is 5.76 Å². The van der Waals surface area contributed by atoms with Gasteiger partial charge in [0.15, 0.2) is 11.0 Å². The number of rotatable bonds is 5. The van der Waals surface area contributed by atoms with Gasteiger partial charge in [-0.25, -0.2) is 0 Å². The number of furan rings is 1. The Morgan fingerprint density at radius 2 is 2.05 bits per heavy atom. The molecule has 5 nitrogen and oxygen atoms in total. The molecule has 0 radical (unpaired) electrons. The Labute approximate surface area is 132 Å². The predicted octanol–water partition coefficient (Wildman–Crippen LogP) is 3.59. The SMILES string of the molecule is C[C@H](C#N)Sc1nnc(-c2ccccc2)n1Cc1ccco1. The van der Waals surface area contributed by atoms with Crippen LogP contribution in [0.1, 0.15) is 12.7 Å². The Hall–Kier alpha value is -2.52. The van der Waals surface area contributed by atoms with Crippen LogP contribution in [-0.4, -0.2) is 20.0 Å². The molecule has 110 valence electrons. The molecule has 0 saturated carbocycles. The zero-order valence-electron chi connectivity index (χ0n) is 12.0. The molecule has 0 unspecified atom stereocenters. The van der Waals surface area contributed by atoms with E-state index in [0.29, 0.717) is 11.7 Å². The first-order valence-corrected chi connectivity index (χ1v) is 7.73. The third kappa shape index (κ3) is 3.05. The van der Waals surface area contributed by atoms with Crippen molar-refractivity contribution in [3.05, 3.63) is 54.5 Å². The maximum atomic E-state index is 9.02. The number of nitrogens with zero attached hydrogens (tertiary/aromatic N) is 4. The predicted molar refractivity (Wildman–Crippen MR) is 84.2 cm³/mol. The van der Waals surface area contributed by atoms with Crippen molar-refractivity contribution >= 4 is 11.8 Å². The normalized spacial score (nSPS) is 12.0. The Morgan fingerprint density at radius 3 is 2.73 bits per heavy atom. The summed E-state index contributed by atoms with van der Waals surface area (Å²) in [5.41, 5.74) is 0.984. The van der Waals surface area contributed by atoms with Gasteiger partial charge in [0, 0.05) is 5.56 Å². The fourth-order valence-corrected chi connectivity index (χ4v) is 2.80. The van der Waals surface area contributed by atoms with Crippen molar-refractivity contribution in [3.63, 3.8) is 0 Å². The molecule has 3 aromatic rings. The van der Waals surface area contributed by atoms with Crippen LogP contribution in [0.15, 0.2) is 58.3 Å². The van der Waals surface area contributed by atoms with Crippen molar-refractivity contribution in [2.75, 3.05) is 0 Å². The van der Waals surface area contributed by atoms with Gasteiger partial charge in [0.2, 0.25) is 0 Å². The summed E-state index contributed by atoms with van der Waals surface area (Å²) in [5, 5.41) is 18.1. The van der Waals surface area contributed by atoms with E-state index in [9.17, 15) is 0 Å². The molecule has 2 aromatic heterocycles. The van der Waals surface area contributed by atoms with Crippen LogP contribution in [0.5, 0.6) is 0 Å². The Balaban J connectivity index is 2.01. The van der Waals surface area contributed by atoms with E-state index in [2.05, 4.69) is 16.3 Å². The first-order valence-electron chi connectivity index (χ1n) is 6.85. The summed E-state index contributed by atoms with van der Waals surface area (Å²) in [6.07, 6.45) is 1.65. The van der Waals surface area contributed by atoms with E-state index >= 15 is 0 Å². The molecular formula is C16H14N4OS. The average Bonchev–Trinajstić information content (AvgIpc) is 3.19. The standard InChI is InChI=1S/C16H14N4OS/c1-12(10-17)22-16-19-18-15(13-6-3-2-4-7-13)20(16)11-14-8-5-9-21-14/h2-9,12H,11H2,1H3/t12-/m1/s1. The minimum absolute atomic E-state index is 0.192. The lowest BCUT2D eigenvalue weighted by Gasteiger charge is -2.09. The highest BCUT2D eigenvalue weighted by atomic mass is 32.2. The molecule has 2 heterocycles. The molecule has 0 aliphatic carbocycles. The van der Waals surface area contributed by atoms with Crippen molar-refractivity contribution in [2.24, 2.45) is 0 Å². The van der Waals surface area contributed by atoms with Crippen LogP contribution in [0, 0.1) is 11.3 Å². The molecule has 22 heavy (non-hydrogen) atoms. The zero-order valence-corrected chi connectivity index (χ0v) is 12.8. The highest BCUT2D eigenvalue weighted by Gasteiger charge is 2.17. The quantitative estimate of drug-likeness (QED) is 0.674. The van der Waals surface area contributed by atoms with Gasteiger partial charge in [-0.15, -0.1) is 10.2 Å². The molecule has 3 rings (SSSR count). The van der Waals surface area contributed by atoms with Gasteiger partial charge in [-0.1, -0.05) is 42.1 Å². The number of aromatic nitrogens is 3. The van der Waals surface area contributed by atoms with Crippen LogP contribution in [-0.2, 0) is 6.54 Å². The van der Waals surface area contributed by atoms with E-state index in [-0.39, 0.29) is 5.25 Å². The molecule has 1 aromatic carbocycles. The van der Waals surface area contributed by atoms with Crippen LogP contribution >= 0.6 is 11.8 Å². The molecule has 1 atom stereocenters. The van der Waals surface area contributed by atoms with Crippen molar-refractivity contribution in [2.45, 2.75) is 23.9 Å². The summed E-state index contributed by atoms with van der Waals surface area (Å²) >= 11 is 1.39. The summed E-state index contributed by atoms with van der Waals surface area (Å²) in [4.78, 5) is 0. The third-order valence-corrected chi connectivity index (χ3v) is 4.08. The van der Waals surface area contributed by atoms with Gasteiger partial charge in [-0.05, 0) is 19.1 Å². The Kier molecular flexibility index (Phi) is 4.26. The van der Waals surface area contributed by atoms with E-state index < -0.39 is 0 Å². The van der Waals surface area contributed by atoms with Gasteiger partial charge in [-0.2, -0.15) is 5.26 Å². The molecule has 0 spiro atoms. The van der Waals surface area contributed by atoms with E-state index in [4.69, 9.17) is 9.68 Å². The zero-order chi connectivity index (χ0) is 15.4. The first-order chi connectivity index (χ1) is 10.8. The smallest absolute Gasteiger partial charge is 0.193 e. The number of benzene rings is 1. The van der Waals surface area contributed by atoms with Crippen LogP contribution < -0.4 is 0 Å². The first kappa shape index (κ1) is 14.4. The summed E-state index contributed by atoms with van der Waals surface area (Å²) < 4.78 is 7.41. The van der Waals surface area contributed by atoms with Crippen LogP contribution in [0.4, 0.5) is 0 Å². The van der Waals surface area contributed by atoms with Crippen molar-refractivity contribution < 1.29 is 4.42 Å².